The molecule has 0 fully saturated rings. The van der Waals surface area contributed by atoms with Gasteiger partial charge < -0.3 is 4.74 Å². The molecule has 1 unspecified atom stereocenters. The van der Waals surface area contributed by atoms with Crippen molar-refractivity contribution in [1.82, 2.24) is 0 Å². The maximum atomic E-state index is 11.5. The highest BCUT2D eigenvalue weighted by atomic mass is 17.2. The van der Waals surface area contributed by atoms with E-state index in [0.29, 0.717) is 13.0 Å². The summed E-state index contributed by atoms with van der Waals surface area (Å²) < 4.78 is 4.71. The summed E-state index contributed by atoms with van der Waals surface area (Å²) in [6.07, 6.45) is 5.64. The van der Waals surface area contributed by atoms with Crippen molar-refractivity contribution in [3.8, 4) is 0 Å². The van der Waals surface area contributed by atoms with Crippen molar-refractivity contribution in [2.45, 2.75) is 13.3 Å². The van der Waals surface area contributed by atoms with Crippen LogP contribution < -0.4 is 0 Å². The molecule has 4 heteroatoms. The lowest BCUT2D eigenvalue weighted by atomic mass is 9.86. The number of carbonyl (C=O) groups excluding carboxylic acids is 1. The van der Waals surface area contributed by atoms with Crippen molar-refractivity contribution in [1.29, 1.82) is 0 Å². The quantitative estimate of drug-likeness (QED) is 0.213. The van der Waals surface area contributed by atoms with E-state index >= 15 is 0 Å². The molecule has 0 aliphatic carbocycles. The van der Waals surface area contributed by atoms with Crippen LogP contribution in [0.4, 0.5) is 0 Å². The third-order valence-corrected chi connectivity index (χ3v) is 1.99. The van der Waals surface area contributed by atoms with Crippen molar-refractivity contribution in [3.05, 3.63) is 24.8 Å². The molecular weight excluding hydrogens is 196 g/mol. The first-order valence-electron chi connectivity index (χ1n) is 4.63. The second-order valence-corrected chi connectivity index (χ2v) is 3.26. The van der Waals surface area contributed by atoms with E-state index in [2.05, 4.69) is 16.4 Å². The molecule has 1 atom stereocenters. The molecule has 0 bridgehead atoms. The van der Waals surface area contributed by atoms with Crippen LogP contribution in [0.3, 0.4) is 0 Å². The monoisotopic (exact) mass is 214 g/mol. The Morgan fingerprint density at radius 1 is 1.47 bits per heavy atom. The zero-order chi connectivity index (χ0) is 11.7. The van der Waals surface area contributed by atoms with Gasteiger partial charge in [0.2, 0.25) is 0 Å². The highest BCUT2D eigenvalue weighted by molar-refractivity contribution is 5.78. The van der Waals surface area contributed by atoms with Crippen LogP contribution in [0.2, 0.25) is 0 Å². The van der Waals surface area contributed by atoms with Crippen molar-refractivity contribution in [3.63, 3.8) is 0 Å². The van der Waals surface area contributed by atoms with Crippen LogP contribution >= 0.6 is 0 Å². The maximum absolute atomic E-state index is 11.5. The third kappa shape index (κ3) is 4.76. The molecule has 0 aliphatic rings. The summed E-state index contributed by atoms with van der Waals surface area (Å²) in [5.74, 6) is -0.295. The molecule has 0 radical (unpaired) electrons. The molecule has 15 heavy (non-hydrogen) atoms. The molecule has 0 aliphatic heterocycles. The van der Waals surface area contributed by atoms with Crippen LogP contribution in [0.15, 0.2) is 24.8 Å². The van der Waals surface area contributed by atoms with E-state index in [1.54, 1.807) is 25.2 Å². The fourth-order valence-corrected chi connectivity index (χ4v) is 1.17. The number of hydrogen-bond donors (Lipinski definition) is 0. The number of allylic oxidation sites excluding steroid dienone is 1. The number of hydrogen-bond acceptors (Lipinski definition) is 4. The van der Waals surface area contributed by atoms with Crippen molar-refractivity contribution in [2.24, 2.45) is 5.41 Å². The minimum Gasteiger partial charge on any atom is -0.468 e. The lowest BCUT2D eigenvalue weighted by Gasteiger charge is -2.20. The van der Waals surface area contributed by atoms with Crippen LogP contribution in [-0.2, 0) is 19.3 Å². The molecule has 0 saturated heterocycles. The van der Waals surface area contributed by atoms with Gasteiger partial charge in [0.1, 0.15) is 6.61 Å². The topological polar surface area (TPSA) is 44.8 Å². The first kappa shape index (κ1) is 13.9. The first-order valence-corrected chi connectivity index (χ1v) is 4.63. The van der Waals surface area contributed by atoms with Gasteiger partial charge in [-0.05, 0) is 13.3 Å². The van der Waals surface area contributed by atoms with Crippen LogP contribution in [0.1, 0.15) is 13.3 Å². The smallest absolute Gasteiger partial charge is 0.315 e. The SMILES string of the molecule is C=CCC(C)(/C=C/COOC)C(=O)OC. The summed E-state index contributed by atoms with van der Waals surface area (Å²) in [5.41, 5.74) is -0.687. The van der Waals surface area contributed by atoms with Gasteiger partial charge >= 0.3 is 5.97 Å². The van der Waals surface area contributed by atoms with Gasteiger partial charge in [-0.15, -0.1) is 6.58 Å². The van der Waals surface area contributed by atoms with E-state index in [1.807, 2.05) is 0 Å². The standard InChI is InChI=1S/C11H18O4/c1-5-7-11(2,10(12)13-3)8-6-9-15-14-4/h5-6,8H,1,7,9H2,2-4H3/b8-6+. The Balaban J connectivity index is 4.43. The van der Waals surface area contributed by atoms with E-state index in [1.165, 1.54) is 14.2 Å². The minimum absolute atomic E-state index is 0.292. The zero-order valence-electron chi connectivity index (χ0n) is 9.49. The highest BCUT2D eigenvalue weighted by Crippen LogP contribution is 2.25. The Bertz CT molecular complexity index is 235. The Kier molecular flexibility index (Phi) is 6.66. The van der Waals surface area contributed by atoms with Gasteiger partial charge in [0.15, 0.2) is 0 Å². The second kappa shape index (κ2) is 7.20. The highest BCUT2D eigenvalue weighted by Gasteiger charge is 2.29. The van der Waals surface area contributed by atoms with E-state index < -0.39 is 5.41 Å². The lowest BCUT2D eigenvalue weighted by Crippen LogP contribution is -2.26. The number of esters is 1. The predicted octanol–water partition coefficient (Wildman–Crippen LogP) is 1.88. The Hall–Kier alpha value is -1.13. The summed E-state index contributed by atoms with van der Waals surface area (Å²) in [6.45, 7) is 5.68. The van der Waals surface area contributed by atoms with Gasteiger partial charge in [-0.25, -0.2) is 9.78 Å². The average Bonchev–Trinajstić information content (AvgIpc) is 2.23. The van der Waals surface area contributed by atoms with Gasteiger partial charge in [-0.3, -0.25) is 4.79 Å². The summed E-state index contributed by atoms with van der Waals surface area (Å²) in [5, 5.41) is 0. The Labute approximate surface area is 90.4 Å². The molecule has 0 rings (SSSR count). The van der Waals surface area contributed by atoms with E-state index in [0.717, 1.165) is 0 Å². The normalized spacial score (nSPS) is 14.9. The third-order valence-electron chi connectivity index (χ3n) is 1.99. The fraction of sp³-hybridized carbons (Fsp3) is 0.545. The number of ether oxygens (including phenoxy) is 1. The van der Waals surface area contributed by atoms with Gasteiger partial charge in [0.05, 0.1) is 19.6 Å². The van der Waals surface area contributed by atoms with E-state index in [9.17, 15) is 4.79 Å². The molecule has 0 aromatic rings. The lowest BCUT2D eigenvalue weighted by molar-refractivity contribution is -0.263. The van der Waals surface area contributed by atoms with E-state index in [4.69, 9.17) is 4.74 Å². The molecule has 0 aromatic heterocycles. The minimum atomic E-state index is -0.687. The molecule has 86 valence electrons. The first-order chi connectivity index (χ1) is 7.10. The van der Waals surface area contributed by atoms with Gasteiger partial charge in [-0.2, -0.15) is 0 Å². The zero-order valence-corrected chi connectivity index (χ0v) is 9.49. The van der Waals surface area contributed by atoms with Gasteiger partial charge in [-0.1, -0.05) is 18.2 Å². The maximum Gasteiger partial charge on any atom is 0.315 e. The summed E-state index contributed by atoms with van der Waals surface area (Å²) in [4.78, 5) is 20.6. The predicted molar refractivity (Wildman–Crippen MR) is 57.0 cm³/mol. The van der Waals surface area contributed by atoms with Crippen LogP contribution in [0.5, 0.6) is 0 Å². The van der Waals surface area contributed by atoms with Crippen molar-refractivity contribution >= 4 is 5.97 Å². The molecule has 0 heterocycles. The second-order valence-electron chi connectivity index (χ2n) is 3.26. The van der Waals surface area contributed by atoms with Gasteiger partial charge in [0.25, 0.3) is 0 Å². The number of carbonyl (C=O) groups is 1. The largest absolute Gasteiger partial charge is 0.468 e. The molecule has 0 amide bonds. The molecule has 4 nitrogen and oxygen atoms in total. The molecule has 0 saturated carbocycles. The van der Waals surface area contributed by atoms with Crippen LogP contribution in [0, 0.1) is 5.41 Å². The van der Waals surface area contributed by atoms with Gasteiger partial charge in [0, 0.05) is 0 Å². The molecule has 0 spiro atoms. The summed E-state index contributed by atoms with van der Waals surface area (Å²) in [6, 6.07) is 0. The molecule has 0 aromatic carbocycles. The Morgan fingerprint density at radius 3 is 2.60 bits per heavy atom. The summed E-state index contributed by atoms with van der Waals surface area (Å²) >= 11 is 0. The number of methoxy groups -OCH3 is 1. The Morgan fingerprint density at radius 2 is 2.13 bits per heavy atom. The van der Waals surface area contributed by atoms with Crippen molar-refractivity contribution in [2.75, 3.05) is 20.8 Å². The summed E-state index contributed by atoms with van der Waals surface area (Å²) in [7, 11) is 2.79. The van der Waals surface area contributed by atoms with Crippen LogP contribution in [-0.4, -0.2) is 26.8 Å². The van der Waals surface area contributed by atoms with Crippen LogP contribution in [0.25, 0.3) is 0 Å². The molecular formula is C11H18O4. The average molecular weight is 214 g/mol. The number of rotatable bonds is 7. The fourth-order valence-electron chi connectivity index (χ4n) is 1.17. The van der Waals surface area contributed by atoms with E-state index in [-0.39, 0.29) is 5.97 Å². The molecule has 0 N–H and O–H groups in total. The van der Waals surface area contributed by atoms with Crippen molar-refractivity contribution < 1.29 is 19.3 Å².